The van der Waals surface area contributed by atoms with Gasteiger partial charge in [-0.25, -0.2) is 0 Å². The van der Waals surface area contributed by atoms with Gasteiger partial charge in [-0.3, -0.25) is 9.69 Å². The van der Waals surface area contributed by atoms with Gasteiger partial charge in [-0.05, 0) is 46.4 Å². The highest BCUT2D eigenvalue weighted by Crippen LogP contribution is 2.27. The zero-order valence-electron chi connectivity index (χ0n) is 13.7. The van der Waals surface area contributed by atoms with Crippen LogP contribution < -0.4 is 0 Å². The van der Waals surface area contributed by atoms with Gasteiger partial charge in [0.15, 0.2) is 5.82 Å². The monoisotopic (exact) mass is 294 g/mol. The summed E-state index contributed by atoms with van der Waals surface area (Å²) in [6.07, 6.45) is 1.14. The van der Waals surface area contributed by atoms with Crippen molar-refractivity contribution in [1.29, 1.82) is 0 Å². The Hall–Kier alpha value is -1.27. The topological polar surface area (TPSA) is 62.5 Å². The summed E-state index contributed by atoms with van der Waals surface area (Å²) in [4.78, 5) is 20.9. The van der Waals surface area contributed by atoms with Crippen molar-refractivity contribution in [2.45, 2.75) is 39.2 Å². The quantitative estimate of drug-likeness (QED) is 0.842. The van der Waals surface area contributed by atoms with Crippen LogP contribution in [0, 0.1) is 5.92 Å². The number of rotatable bonds is 4. The van der Waals surface area contributed by atoms with E-state index < -0.39 is 0 Å². The van der Waals surface area contributed by atoms with Crippen LogP contribution in [0.25, 0.3) is 0 Å². The summed E-state index contributed by atoms with van der Waals surface area (Å²) in [6, 6.07) is 0.120. The number of carbonyl (C=O) groups excluding carboxylic acids is 1. The van der Waals surface area contributed by atoms with Crippen LogP contribution in [0.5, 0.6) is 0 Å². The maximum Gasteiger partial charge on any atom is 0.237 e. The summed E-state index contributed by atoms with van der Waals surface area (Å²) in [7, 11) is 4.20. The van der Waals surface area contributed by atoms with Gasteiger partial charge in [0.2, 0.25) is 5.89 Å². The molecule has 2 atom stereocenters. The molecule has 0 saturated carbocycles. The van der Waals surface area contributed by atoms with E-state index in [1.54, 1.807) is 6.92 Å². The highest BCUT2D eigenvalue weighted by atomic mass is 16.5. The third-order valence-corrected chi connectivity index (χ3v) is 4.19. The van der Waals surface area contributed by atoms with Crippen LogP contribution in [-0.2, 0) is 4.79 Å². The van der Waals surface area contributed by atoms with Crippen LogP contribution in [0.3, 0.4) is 0 Å². The van der Waals surface area contributed by atoms with E-state index in [1.165, 1.54) is 0 Å². The SMILES string of the molecule is CC(=O)C(c1nc(C2CN(C)CCCN2C)no1)C(C)C. The molecule has 6 heteroatoms. The van der Waals surface area contributed by atoms with Gasteiger partial charge in [0.1, 0.15) is 5.78 Å². The van der Waals surface area contributed by atoms with Crippen molar-refractivity contribution in [3.8, 4) is 0 Å². The molecular formula is C15H26N4O2. The average Bonchev–Trinajstić information content (AvgIpc) is 2.77. The Morgan fingerprint density at radius 1 is 1.33 bits per heavy atom. The first kappa shape index (κ1) is 16.1. The zero-order valence-corrected chi connectivity index (χ0v) is 13.7. The molecule has 0 spiro atoms. The molecule has 1 aliphatic rings. The molecule has 1 saturated heterocycles. The molecule has 1 aromatic rings. The molecular weight excluding hydrogens is 268 g/mol. The Bertz CT molecular complexity index is 486. The second kappa shape index (κ2) is 6.66. The van der Waals surface area contributed by atoms with Gasteiger partial charge in [-0.2, -0.15) is 4.98 Å². The van der Waals surface area contributed by atoms with Gasteiger partial charge in [0, 0.05) is 6.54 Å². The Balaban J connectivity index is 2.23. The fourth-order valence-corrected chi connectivity index (χ4v) is 2.99. The first-order valence-electron chi connectivity index (χ1n) is 7.63. The Kier molecular flexibility index (Phi) is 5.11. The normalized spacial score (nSPS) is 23.2. The van der Waals surface area contributed by atoms with E-state index in [-0.39, 0.29) is 23.7 Å². The summed E-state index contributed by atoms with van der Waals surface area (Å²) < 4.78 is 5.40. The van der Waals surface area contributed by atoms with E-state index in [9.17, 15) is 4.79 Å². The molecule has 0 amide bonds. The molecule has 0 aliphatic carbocycles. The van der Waals surface area contributed by atoms with Crippen LogP contribution >= 0.6 is 0 Å². The molecule has 21 heavy (non-hydrogen) atoms. The van der Waals surface area contributed by atoms with Crippen molar-refractivity contribution in [3.05, 3.63) is 11.7 Å². The molecule has 1 fully saturated rings. The smallest absolute Gasteiger partial charge is 0.237 e. The summed E-state index contributed by atoms with van der Waals surface area (Å²) >= 11 is 0. The maximum absolute atomic E-state index is 11.8. The Labute approximate surface area is 126 Å². The Morgan fingerprint density at radius 3 is 2.67 bits per heavy atom. The predicted octanol–water partition coefficient (Wildman–Crippen LogP) is 1.71. The van der Waals surface area contributed by atoms with Crippen LogP contribution in [0.2, 0.25) is 0 Å². The van der Waals surface area contributed by atoms with E-state index in [0.717, 1.165) is 26.1 Å². The number of carbonyl (C=O) groups is 1. The molecule has 1 aliphatic heterocycles. The fourth-order valence-electron chi connectivity index (χ4n) is 2.99. The third-order valence-electron chi connectivity index (χ3n) is 4.19. The number of ketones is 1. The van der Waals surface area contributed by atoms with Gasteiger partial charge in [0.05, 0.1) is 12.0 Å². The summed E-state index contributed by atoms with van der Waals surface area (Å²) in [6.45, 7) is 8.55. The number of Topliss-reactive ketones (excluding diaryl/α,β-unsaturated/α-hetero) is 1. The van der Waals surface area contributed by atoms with E-state index in [1.807, 2.05) is 13.8 Å². The maximum atomic E-state index is 11.8. The van der Waals surface area contributed by atoms with Gasteiger partial charge in [-0.15, -0.1) is 0 Å². The molecule has 0 radical (unpaired) electrons. The molecule has 2 heterocycles. The van der Waals surface area contributed by atoms with Crippen molar-refractivity contribution >= 4 is 5.78 Å². The first-order chi connectivity index (χ1) is 9.90. The van der Waals surface area contributed by atoms with E-state index >= 15 is 0 Å². The largest absolute Gasteiger partial charge is 0.338 e. The molecule has 0 bridgehead atoms. The van der Waals surface area contributed by atoms with Crippen molar-refractivity contribution < 1.29 is 9.32 Å². The van der Waals surface area contributed by atoms with Gasteiger partial charge in [-0.1, -0.05) is 19.0 Å². The van der Waals surface area contributed by atoms with Gasteiger partial charge >= 0.3 is 0 Å². The van der Waals surface area contributed by atoms with Gasteiger partial charge < -0.3 is 9.42 Å². The van der Waals surface area contributed by atoms with Crippen LogP contribution in [0.15, 0.2) is 4.52 Å². The number of hydrogen-bond acceptors (Lipinski definition) is 6. The summed E-state index contributed by atoms with van der Waals surface area (Å²) in [5, 5.41) is 4.15. The lowest BCUT2D eigenvalue weighted by Crippen LogP contribution is -2.31. The number of hydrogen-bond donors (Lipinski definition) is 0. The molecule has 0 aromatic carbocycles. The number of likely N-dealkylation sites (N-methyl/N-ethyl adjacent to an activating group) is 2. The Morgan fingerprint density at radius 2 is 2.05 bits per heavy atom. The molecule has 1 aromatic heterocycles. The molecule has 0 N–H and O–H groups in total. The minimum absolute atomic E-state index is 0.0755. The van der Waals surface area contributed by atoms with E-state index in [0.29, 0.717) is 11.7 Å². The van der Waals surface area contributed by atoms with Crippen LogP contribution in [-0.4, -0.2) is 59.5 Å². The van der Waals surface area contributed by atoms with Gasteiger partial charge in [0.25, 0.3) is 0 Å². The zero-order chi connectivity index (χ0) is 15.6. The molecule has 2 unspecified atom stereocenters. The molecule has 2 rings (SSSR count). The standard InChI is InChI=1S/C15H26N4O2/c1-10(2)13(11(3)20)15-16-14(17-21-15)12-9-18(4)7-6-8-19(12)5/h10,12-13H,6-9H2,1-5H3. The highest BCUT2D eigenvalue weighted by Gasteiger charge is 2.31. The minimum atomic E-state index is -0.305. The van der Waals surface area contributed by atoms with Crippen molar-refractivity contribution in [2.75, 3.05) is 33.7 Å². The predicted molar refractivity (Wildman–Crippen MR) is 80.0 cm³/mol. The average molecular weight is 294 g/mol. The lowest BCUT2D eigenvalue weighted by atomic mass is 9.92. The molecule has 118 valence electrons. The number of nitrogens with zero attached hydrogens (tertiary/aromatic N) is 4. The van der Waals surface area contributed by atoms with Crippen molar-refractivity contribution in [1.82, 2.24) is 19.9 Å². The summed E-state index contributed by atoms with van der Waals surface area (Å²) in [5.74, 6) is 1.07. The van der Waals surface area contributed by atoms with Crippen molar-refractivity contribution in [2.24, 2.45) is 5.92 Å². The third kappa shape index (κ3) is 3.68. The van der Waals surface area contributed by atoms with Crippen LogP contribution in [0.4, 0.5) is 0 Å². The molecule has 6 nitrogen and oxygen atoms in total. The second-order valence-electron chi connectivity index (χ2n) is 6.44. The minimum Gasteiger partial charge on any atom is -0.338 e. The van der Waals surface area contributed by atoms with Crippen LogP contribution in [0.1, 0.15) is 50.9 Å². The van der Waals surface area contributed by atoms with Crippen molar-refractivity contribution in [3.63, 3.8) is 0 Å². The second-order valence-corrected chi connectivity index (χ2v) is 6.44. The van der Waals surface area contributed by atoms with E-state index in [4.69, 9.17) is 4.52 Å². The summed E-state index contributed by atoms with van der Waals surface area (Å²) in [5.41, 5.74) is 0. The fraction of sp³-hybridized carbons (Fsp3) is 0.800. The highest BCUT2D eigenvalue weighted by molar-refractivity contribution is 5.82. The lowest BCUT2D eigenvalue weighted by Gasteiger charge is -2.24. The first-order valence-corrected chi connectivity index (χ1v) is 7.63. The lowest BCUT2D eigenvalue weighted by molar-refractivity contribution is -0.119. The van der Waals surface area contributed by atoms with E-state index in [2.05, 4.69) is 34.0 Å². The number of aromatic nitrogens is 2.